The monoisotopic (exact) mass is 271 g/mol. The molecule has 0 aliphatic rings. The number of rotatable bonds is 5. The van der Waals surface area contributed by atoms with Crippen LogP contribution < -0.4 is 10.5 Å². The van der Waals surface area contributed by atoms with Crippen LogP contribution in [0.3, 0.4) is 0 Å². The van der Waals surface area contributed by atoms with Crippen LogP contribution in [0.25, 0.3) is 0 Å². The second-order valence-electron chi connectivity index (χ2n) is 4.01. The summed E-state index contributed by atoms with van der Waals surface area (Å²) in [4.78, 5) is 0. The highest BCUT2D eigenvalue weighted by molar-refractivity contribution is 9.10. The molecule has 1 rings (SSSR count). The summed E-state index contributed by atoms with van der Waals surface area (Å²) in [5, 5.41) is 0. The summed E-state index contributed by atoms with van der Waals surface area (Å²) in [6.07, 6.45) is 0.906. The number of ether oxygens (including phenoxy) is 1. The lowest BCUT2D eigenvalue weighted by Crippen LogP contribution is -2.06. The van der Waals surface area contributed by atoms with Crippen molar-refractivity contribution in [2.75, 3.05) is 13.2 Å². The van der Waals surface area contributed by atoms with Gasteiger partial charge in [-0.2, -0.15) is 0 Å². The van der Waals surface area contributed by atoms with Crippen molar-refractivity contribution in [1.29, 1.82) is 0 Å². The van der Waals surface area contributed by atoms with Gasteiger partial charge in [0.2, 0.25) is 0 Å². The van der Waals surface area contributed by atoms with Crippen LogP contribution in [0.4, 0.5) is 0 Å². The lowest BCUT2D eigenvalue weighted by Gasteiger charge is -2.11. The molecule has 0 atom stereocenters. The number of hydrogen-bond donors (Lipinski definition) is 1. The van der Waals surface area contributed by atoms with Gasteiger partial charge < -0.3 is 10.5 Å². The molecule has 0 saturated carbocycles. The zero-order valence-electron chi connectivity index (χ0n) is 9.29. The molecule has 0 bridgehead atoms. The minimum absolute atomic E-state index is 0.542. The van der Waals surface area contributed by atoms with E-state index in [9.17, 15) is 0 Å². The van der Waals surface area contributed by atoms with E-state index in [4.69, 9.17) is 10.5 Å². The van der Waals surface area contributed by atoms with Crippen LogP contribution in [0.1, 0.15) is 19.4 Å². The molecule has 0 radical (unpaired) electrons. The predicted molar refractivity (Wildman–Crippen MR) is 67.2 cm³/mol. The predicted octanol–water partition coefficient (Wildman–Crippen LogP) is 2.99. The van der Waals surface area contributed by atoms with Gasteiger partial charge in [-0.25, -0.2) is 0 Å². The van der Waals surface area contributed by atoms with Crippen molar-refractivity contribution in [3.63, 3.8) is 0 Å². The van der Waals surface area contributed by atoms with Gasteiger partial charge in [0.1, 0.15) is 5.75 Å². The fourth-order valence-corrected chi connectivity index (χ4v) is 1.78. The molecule has 2 nitrogen and oxygen atoms in total. The van der Waals surface area contributed by atoms with Crippen molar-refractivity contribution in [3.8, 4) is 5.75 Å². The molecule has 0 heterocycles. The van der Waals surface area contributed by atoms with E-state index in [1.165, 1.54) is 5.56 Å². The maximum atomic E-state index is 5.65. The maximum absolute atomic E-state index is 5.65. The third kappa shape index (κ3) is 4.22. The van der Waals surface area contributed by atoms with Crippen LogP contribution in [0, 0.1) is 5.92 Å². The minimum atomic E-state index is 0.542. The van der Waals surface area contributed by atoms with Gasteiger partial charge in [-0.3, -0.25) is 0 Å². The zero-order chi connectivity index (χ0) is 11.3. The van der Waals surface area contributed by atoms with E-state index >= 15 is 0 Å². The molecule has 1 aromatic carbocycles. The summed E-state index contributed by atoms with van der Waals surface area (Å²) in [5.74, 6) is 1.45. The number of benzene rings is 1. The van der Waals surface area contributed by atoms with Crippen molar-refractivity contribution in [2.45, 2.75) is 20.3 Å². The van der Waals surface area contributed by atoms with E-state index in [2.05, 4.69) is 41.9 Å². The molecule has 0 amide bonds. The summed E-state index contributed by atoms with van der Waals surface area (Å²) < 4.78 is 6.66. The lowest BCUT2D eigenvalue weighted by molar-refractivity contribution is 0.269. The van der Waals surface area contributed by atoms with Crippen LogP contribution in [-0.2, 0) is 6.42 Å². The topological polar surface area (TPSA) is 35.2 Å². The largest absolute Gasteiger partial charge is 0.492 e. The van der Waals surface area contributed by atoms with E-state index in [0.29, 0.717) is 12.5 Å². The van der Waals surface area contributed by atoms with Crippen molar-refractivity contribution < 1.29 is 4.74 Å². The van der Waals surface area contributed by atoms with Gasteiger partial charge in [-0.1, -0.05) is 19.9 Å². The summed E-state index contributed by atoms with van der Waals surface area (Å²) in [6.45, 7) is 5.70. The van der Waals surface area contributed by atoms with Crippen molar-refractivity contribution in [2.24, 2.45) is 11.7 Å². The maximum Gasteiger partial charge on any atom is 0.133 e. The van der Waals surface area contributed by atoms with E-state index < -0.39 is 0 Å². The summed E-state index contributed by atoms with van der Waals surface area (Å²) in [7, 11) is 0. The Balaban J connectivity index is 2.66. The average molecular weight is 272 g/mol. The smallest absolute Gasteiger partial charge is 0.133 e. The molecule has 3 heteroatoms. The van der Waals surface area contributed by atoms with Crippen LogP contribution in [0.2, 0.25) is 0 Å². The number of halogens is 1. The quantitative estimate of drug-likeness (QED) is 0.894. The van der Waals surface area contributed by atoms with Gasteiger partial charge in [-0.15, -0.1) is 0 Å². The molecule has 84 valence electrons. The highest BCUT2D eigenvalue weighted by Crippen LogP contribution is 2.26. The molecule has 0 aliphatic heterocycles. The first-order valence-electron chi connectivity index (χ1n) is 5.24. The Morgan fingerprint density at radius 1 is 1.40 bits per heavy atom. The zero-order valence-corrected chi connectivity index (χ0v) is 10.9. The molecular weight excluding hydrogens is 254 g/mol. The first kappa shape index (κ1) is 12.5. The summed E-state index contributed by atoms with van der Waals surface area (Å²) in [5.41, 5.74) is 6.74. The SMILES string of the molecule is CC(C)COc1ccc(CCN)cc1Br. The van der Waals surface area contributed by atoms with Crippen LogP contribution in [-0.4, -0.2) is 13.2 Å². The Labute approximate surface area is 99.9 Å². The van der Waals surface area contributed by atoms with Crippen LogP contribution in [0.15, 0.2) is 22.7 Å². The van der Waals surface area contributed by atoms with Crippen LogP contribution >= 0.6 is 15.9 Å². The second-order valence-corrected chi connectivity index (χ2v) is 4.86. The minimum Gasteiger partial charge on any atom is -0.492 e. The molecule has 0 aliphatic carbocycles. The third-order valence-electron chi connectivity index (χ3n) is 2.00. The number of nitrogens with two attached hydrogens (primary N) is 1. The molecule has 1 aromatic rings. The van der Waals surface area contributed by atoms with Gasteiger partial charge >= 0.3 is 0 Å². The molecule has 0 unspecified atom stereocenters. The Morgan fingerprint density at radius 3 is 2.67 bits per heavy atom. The first-order chi connectivity index (χ1) is 7.13. The van der Waals surface area contributed by atoms with Gasteiger partial charge in [0.05, 0.1) is 11.1 Å². The second kappa shape index (κ2) is 6.13. The molecule has 0 fully saturated rings. The average Bonchev–Trinajstić information content (AvgIpc) is 2.17. The Morgan fingerprint density at radius 2 is 2.13 bits per heavy atom. The standard InChI is InChI=1S/C12H18BrNO/c1-9(2)8-15-12-4-3-10(5-6-14)7-11(12)13/h3-4,7,9H,5-6,8,14H2,1-2H3. The van der Waals surface area contributed by atoms with Crippen molar-refractivity contribution in [3.05, 3.63) is 28.2 Å². The molecule has 0 spiro atoms. The highest BCUT2D eigenvalue weighted by Gasteiger charge is 2.03. The van der Waals surface area contributed by atoms with Gasteiger partial charge in [0.15, 0.2) is 0 Å². The molecular formula is C12H18BrNO. The van der Waals surface area contributed by atoms with E-state index in [1.54, 1.807) is 0 Å². The Kier molecular flexibility index (Phi) is 5.12. The lowest BCUT2D eigenvalue weighted by atomic mass is 10.1. The van der Waals surface area contributed by atoms with Gasteiger partial charge in [0.25, 0.3) is 0 Å². The van der Waals surface area contributed by atoms with Crippen LogP contribution in [0.5, 0.6) is 5.75 Å². The number of hydrogen-bond acceptors (Lipinski definition) is 2. The van der Waals surface area contributed by atoms with E-state index in [0.717, 1.165) is 23.2 Å². The third-order valence-corrected chi connectivity index (χ3v) is 2.62. The Hall–Kier alpha value is -0.540. The molecule has 0 saturated heterocycles. The van der Waals surface area contributed by atoms with Crippen molar-refractivity contribution >= 4 is 15.9 Å². The fourth-order valence-electron chi connectivity index (χ4n) is 1.24. The normalized spacial score (nSPS) is 10.7. The summed E-state index contributed by atoms with van der Waals surface area (Å²) in [6, 6.07) is 6.13. The van der Waals surface area contributed by atoms with Crippen molar-refractivity contribution in [1.82, 2.24) is 0 Å². The van der Waals surface area contributed by atoms with Gasteiger partial charge in [0, 0.05) is 0 Å². The fraction of sp³-hybridized carbons (Fsp3) is 0.500. The summed E-state index contributed by atoms with van der Waals surface area (Å²) >= 11 is 3.50. The Bertz CT molecular complexity index is 312. The van der Waals surface area contributed by atoms with Gasteiger partial charge in [-0.05, 0) is 52.5 Å². The molecule has 0 aromatic heterocycles. The highest BCUT2D eigenvalue weighted by atomic mass is 79.9. The first-order valence-corrected chi connectivity index (χ1v) is 6.04. The van der Waals surface area contributed by atoms with E-state index in [-0.39, 0.29) is 0 Å². The molecule has 15 heavy (non-hydrogen) atoms. The van der Waals surface area contributed by atoms with E-state index in [1.807, 2.05) is 6.07 Å². The molecule has 2 N–H and O–H groups in total.